The van der Waals surface area contributed by atoms with E-state index in [1.165, 1.54) is 25.7 Å². The number of hydrogen-bond donors (Lipinski definition) is 2. The number of nitrogens with zero attached hydrogens (tertiary/aromatic N) is 1. The van der Waals surface area contributed by atoms with Gasteiger partial charge in [-0.3, -0.25) is 9.59 Å². The van der Waals surface area contributed by atoms with Gasteiger partial charge in [-0.2, -0.15) is 0 Å². The fourth-order valence-corrected chi connectivity index (χ4v) is 3.98. The number of hydrogen-bond acceptors (Lipinski definition) is 3. The highest BCUT2D eigenvalue weighted by Gasteiger charge is 2.34. The van der Waals surface area contributed by atoms with Gasteiger partial charge in [0, 0.05) is 12.1 Å². The van der Waals surface area contributed by atoms with Gasteiger partial charge in [0.05, 0.1) is 15.6 Å². The van der Waals surface area contributed by atoms with E-state index in [2.05, 4.69) is 29.6 Å². The zero-order valence-electron chi connectivity index (χ0n) is 16.3. The largest absolute Gasteiger partial charge is 0.352 e. The first-order chi connectivity index (χ1) is 12.8. The van der Waals surface area contributed by atoms with Crippen LogP contribution in [-0.2, 0) is 4.79 Å². The molecule has 27 heavy (non-hydrogen) atoms. The van der Waals surface area contributed by atoms with Gasteiger partial charge in [0.2, 0.25) is 5.91 Å². The smallest absolute Gasteiger partial charge is 0.253 e. The summed E-state index contributed by atoms with van der Waals surface area (Å²) in [5, 5.41) is 6.23. The Bertz CT molecular complexity index is 671. The molecule has 1 aromatic carbocycles. The van der Waals surface area contributed by atoms with Crippen LogP contribution in [0.4, 0.5) is 0 Å². The molecule has 1 aliphatic rings. The van der Waals surface area contributed by atoms with Gasteiger partial charge in [0.15, 0.2) is 0 Å². The molecule has 2 amide bonds. The Morgan fingerprint density at radius 2 is 1.78 bits per heavy atom. The molecular weight excluding hydrogens is 385 g/mol. The summed E-state index contributed by atoms with van der Waals surface area (Å²) in [4.78, 5) is 27.2. The Kier molecular flexibility index (Phi) is 7.95. The lowest BCUT2D eigenvalue weighted by Crippen LogP contribution is -2.55. The first-order valence-electron chi connectivity index (χ1n) is 9.47. The molecule has 0 aromatic heterocycles. The van der Waals surface area contributed by atoms with Crippen molar-refractivity contribution in [1.29, 1.82) is 0 Å². The molecule has 0 heterocycles. The molecule has 1 saturated carbocycles. The van der Waals surface area contributed by atoms with Gasteiger partial charge in [0.25, 0.3) is 5.91 Å². The van der Waals surface area contributed by atoms with Crippen LogP contribution in [-0.4, -0.2) is 48.9 Å². The van der Waals surface area contributed by atoms with Crippen molar-refractivity contribution in [2.45, 2.75) is 57.0 Å². The number of likely N-dealkylation sites (N-methyl/N-ethyl adjacent to an activating group) is 1. The van der Waals surface area contributed by atoms with Crippen LogP contribution in [0, 0.1) is 0 Å². The van der Waals surface area contributed by atoms with Crippen molar-refractivity contribution in [2.75, 3.05) is 20.6 Å². The molecule has 1 aliphatic carbocycles. The Labute approximate surface area is 171 Å². The molecule has 0 radical (unpaired) electrons. The predicted molar refractivity (Wildman–Crippen MR) is 111 cm³/mol. The lowest BCUT2D eigenvalue weighted by Gasteiger charge is -2.40. The second-order valence-corrected chi connectivity index (χ2v) is 8.33. The average molecular weight is 414 g/mol. The van der Waals surface area contributed by atoms with Crippen molar-refractivity contribution in [2.24, 2.45) is 0 Å². The number of nitrogens with one attached hydrogen (secondary N) is 2. The first kappa shape index (κ1) is 22.0. The third kappa shape index (κ3) is 5.59. The molecule has 0 spiro atoms. The van der Waals surface area contributed by atoms with Gasteiger partial charge in [-0.25, -0.2) is 0 Å². The number of carbonyl (C=O) groups excluding carboxylic acids is 2. The zero-order valence-corrected chi connectivity index (χ0v) is 17.8. The predicted octanol–water partition coefficient (Wildman–Crippen LogP) is 3.88. The van der Waals surface area contributed by atoms with Gasteiger partial charge < -0.3 is 15.5 Å². The number of halogens is 2. The molecule has 0 aliphatic heterocycles. The van der Waals surface area contributed by atoms with E-state index in [1.807, 2.05) is 0 Å². The number of rotatable bonds is 6. The van der Waals surface area contributed by atoms with Crippen LogP contribution < -0.4 is 10.6 Å². The topological polar surface area (TPSA) is 61.4 Å². The van der Waals surface area contributed by atoms with Gasteiger partial charge in [-0.1, -0.05) is 55.0 Å². The second kappa shape index (κ2) is 9.76. The molecular formula is C20H29Cl2N3O2. The minimum atomic E-state index is -0.669. The number of carbonyl (C=O) groups is 2. The van der Waals surface area contributed by atoms with Crippen LogP contribution >= 0.6 is 23.2 Å². The normalized spacial score (nSPS) is 17.9. The van der Waals surface area contributed by atoms with E-state index in [9.17, 15) is 9.59 Å². The van der Waals surface area contributed by atoms with Crippen LogP contribution in [0.3, 0.4) is 0 Å². The van der Waals surface area contributed by atoms with Gasteiger partial charge in [-0.15, -0.1) is 0 Å². The molecule has 0 saturated heterocycles. The summed E-state index contributed by atoms with van der Waals surface area (Å²) in [6, 6.07) is 4.18. The van der Waals surface area contributed by atoms with Crippen molar-refractivity contribution in [3.63, 3.8) is 0 Å². The van der Waals surface area contributed by atoms with E-state index in [1.54, 1.807) is 25.1 Å². The quantitative estimate of drug-likeness (QED) is 0.695. The minimum absolute atomic E-state index is 0.0217. The summed E-state index contributed by atoms with van der Waals surface area (Å²) in [5.74, 6) is -0.617. The van der Waals surface area contributed by atoms with Crippen molar-refractivity contribution < 1.29 is 9.59 Å². The fourth-order valence-electron chi connectivity index (χ4n) is 3.59. The van der Waals surface area contributed by atoms with Crippen molar-refractivity contribution in [3.8, 4) is 0 Å². The minimum Gasteiger partial charge on any atom is -0.352 e. The lowest BCUT2D eigenvalue weighted by molar-refractivity contribution is -0.123. The molecule has 1 fully saturated rings. The average Bonchev–Trinajstić information content (AvgIpc) is 2.88. The third-order valence-electron chi connectivity index (χ3n) is 5.51. The SMILES string of the molecule is C[C@@H](NC(=O)c1cccc(Cl)c1Cl)C(=O)NCC1(N(C)C)CCCCCC1. The van der Waals surface area contributed by atoms with E-state index >= 15 is 0 Å². The Morgan fingerprint density at radius 3 is 2.37 bits per heavy atom. The Morgan fingerprint density at radius 1 is 1.15 bits per heavy atom. The van der Waals surface area contributed by atoms with Crippen LogP contribution in [0.2, 0.25) is 10.0 Å². The molecule has 0 bridgehead atoms. The summed E-state index contributed by atoms with van der Waals surface area (Å²) in [7, 11) is 4.15. The van der Waals surface area contributed by atoms with Crippen LogP contribution in [0.1, 0.15) is 55.8 Å². The maximum atomic E-state index is 12.6. The number of amides is 2. The summed E-state index contributed by atoms with van der Waals surface area (Å²) in [6.45, 7) is 2.25. The summed E-state index contributed by atoms with van der Waals surface area (Å²) in [5.41, 5.74) is 0.240. The van der Waals surface area contributed by atoms with Crippen molar-refractivity contribution in [1.82, 2.24) is 15.5 Å². The van der Waals surface area contributed by atoms with Crippen LogP contribution in [0.15, 0.2) is 18.2 Å². The molecule has 2 N–H and O–H groups in total. The zero-order chi connectivity index (χ0) is 20.0. The van der Waals surface area contributed by atoms with Gasteiger partial charge in [0.1, 0.15) is 6.04 Å². The fraction of sp³-hybridized carbons (Fsp3) is 0.600. The van der Waals surface area contributed by atoms with E-state index < -0.39 is 11.9 Å². The molecule has 7 heteroatoms. The molecule has 2 rings (SSSR count). The first-order valence-corrected chi connectivity index (χ1v) is 10.2. The van der Waals surface area contributed by atoms with Gasteiger partial charge >= 0.3 is 0 Å². The monoisotopic (exact) mass is 413 g/mol. The maximum absolute atomic E-state index is 12.6. The van der Waals surface area contributed by atoms with Crippen molar-refractivity contribution in [3.05, 3.63) is 33.8 Å². The highest BCUT2D eigenvalue weighted by atomic mass is 35.5. The molecule has 1 aromatic rings. The Balaban J connectivity index is 1.96. The third-order valence-corrected chi connectivity index (χ3v) is 6.33. The summed E-state index contributed by atoms with van der Waals surface area (Å²) in [6.07, 6.45) is 6.98. The molecule has 1 atom stereocenters. The highest BCUT2D eigenvalue weighted by molar-refractivity contribution is 6.43. The summed E-state index contributed by atoms with van der Waals surface area (Å²) >= 11 is 12.0. The molecule has 0 unspecified atom stereocenters. The standard InChI is InChI=1S/C20H29Cl2N3O2/c1-14(24-19(27)15-9-8-10-16(21)17(15)22)18(26)23-13-20(25(2)3)11-6-4-5-7-12-20/h8-10,14H,4-7,11-13H2,1-3H3,(H,23,26)(H,24,27)/t14-/m1/s1. The van der Waals surface area contributed by atoms with Crippen LogP contribution in [0.25, 0.3) is 0 Å². The van der Waals surface area contributed by atoms with E-state index in [-0.39, 0.29) is 22.0 Å². The van der Waals surface area contributed by atoms with E-state index in [4.69, 9.17) is 23.2 Å². The van der Waals surface area contributed by atoms with E-state index in [0.717, 1.165) is 12.8 Å². The maximum Gasteiger partial charge on any atom is 0.253 e. The number of benzene rings is 1. The molecule has 150 valence electrons. The van der Waals surface area contributed by atoms with E-state index in [0.29, 0.717) is 11.6 Å². The van der Waals surface area contributed by atoms with Crippen molar-refractivity contribution >= 4 is 35.0 Å². The second-order valence-electron chi connectivity index (χ2n) is 7.55. The summed E-state index contributed by atoms with van der Waals surface area (Å²) < 4.78 is 0. The van der Waals surface area contributed by atoms with Crippen LogP contribution in [0.5, 0.6) is 0 Å². The molecule has 5 nitrogen and oxygen atoms in total. The highest BCUT2D eigenvalue weighted by Crippen LogP contribution is 2.30. The lowest BCUT2D eigenvalue weighted by atomic mass is 9.88. The van der Waals surface area contributed by atoms with Gasteiger partial charge in [-0.05, 0) is 46.0 Å². The Hall–Kier alpha value is -1.30.